The van der Waals surface area contributed by atoms with Crippen LogP contribution >= 0.6 is 0 Å². The maximum Gasteiger partial charge on any atom is 0.330 e. The van der Waals surface area contributed by atoms with Crippen LogP contribution in [0.25, 0.3) is 0 Å². The number of likely N-dealkylation sites (tertiary alicyclic amines) is 1. The Morgan fingerprint density at radius 2 is 2.08 bits per heavy atom. The number of carbonyl (C=O) groups is 2. The molecule has 134 valence electrons. The van der Waals surface area contributed by atoms with Gasteiger partial charge in [0, 0.05) is 25.5 Å². The van der Waals surface area contributed by atoms with Crippen LogP contribution in [0, 0.1) is 12.8 Å². The zero-order valence-electron chi connectivity index (χ0n) is 14.4. The Bertz CT molecular complexity index is 746. The van der Waals surface area contributed by atoms with Crippen molar-refractivity contribution in [3.8, 4) is 0 Å². The number of aromatic nitrogens is 5. The summed E-state index contributed by atoms with van der Waals surface area (Å²) >= 11 is 0. The van der Waals surface area contributed by atoms with Gasteiger partial charge in [-0.15, -0.1) is 0 Å². The van der Waals surface area contributed by atoms with E-state index in [1.807, 2.05) is 6.92 Å². The summed E-state index contributed by atoms with van der Waals surface area (Å²) in [7, 11) is 0. The van der Waals surface area contributed by atoms with Crippen LogP contribution in [0.4, 0.5) is 0 Å². The summed E-state index contributed by atoms with van der Waals surface area (Å²) in [6.45, 7) is 4.92. The number of carboxylic acid groups (broad SMARTS) is 1. The summed E-state index contributed by atoms with van der Waals surface area (Å²) in [4.78, 5) is 34.4. The summed E-state index contributed by atoms with van der Waals surface area (Å²) in [6, 6.07) is 0. The molecule has 2 aromatic rings. The van der Waals surface area contributed by atoms with E-state index in [0.717, 1.165) is 0 Å². The molecule has 0 aliphatic carbocycles. The number of amides is 1. The summed E-state index contributed by atoms with van der Waals surface area (Å²) in [5.74, 6) is -0.441. The molecule has 0 radical (unpaired) electrons. The minimum absolute atomic E-state index is 0.0110. The van der Waals surface area contributed by atoms with Crippen molar-refractivity contribution < 1.29 is 14.7 Å². The van der Waals surface area contributed by atoms with Crippen LogP contribution in [0.5, 0.6) is 0 Å². The molecule has 3 rings (SSSR count). The van der Waals surface area contributed by atoms with Crippen molar-refractivity contribution in [1.82, 2.24) is 29.2 Å². The predicted molar refractivity (Wildman–Crippen MR) is 87.6 cm³/mol. The zero-order valence-corrected chi connectivity index (χ0v) is 14.4. The predicted octanol–water partition coefficient (Wildman–Crippen LogP) is 0.522. The van der Waals surface area contributed by atoms with Gasteiger partial charge in [0.1, 0.15) is 24.0 Å². The van der Waals surface area contributed by atoms with Crippen molar-refractivity contribution in [2.75, 3.05) is 13.1 Å². The first-order valence-electron chi connectivity index (χ1n) is 8.29. The van der Waals surface area contributed by atoms with E-state index in [1.165, 1.54) is 6.33 Å². The van der Waals surface area contributed by atoms with Gasteiger partial charge >= 0.3 is 5.97 Å². The number of piperidine rings is 1. The highest BCUT2D eigenvalue weighted by Gasteiger charge is 2.45. The Kier molecular flexibility index (Phi) is 4.56. The normalized spacial score (nSPS) is 18.1. The lowest BCUT2D eigenvalue weighted by molar-refractivity contribution is -0.153. The van der Waals surface area contributed by atoms with Crippen LogP contribution in [0.2, 0.25) is 0 Å². The maximum atomic E-state index is 12.7. The summed E-state index contributed by atoms with van der Waals surface area (Å²) in [5.41, 5.74) is -1.04. The summed E-state index contributed by atoms with van der Waals surface area (Å²) < 4.78 is 3.35. The molecule has 1 aliphatic rings. The topological polar surface area (TPSA) is 106 Å². The van der Waals surface area contributed by atoms with Gasteiger partial charge in [-0.05, 0) is 19.8 Å². The van der Waals surface area contributed by atoms with E-state index in [0.29, 0.717) is 38.3 Å². The minimum atomic E-state index is -1.04. The Balaban J connectivity index is 1.68. The summed E-state index contributed by atoms with van der Waals surface area (Å²) in [5, 5.41) is 13.8. The molecule has 9 nitrogen and oxygen atoms in total. The molecule has 2 aromatic heterocycles. The average molecular weight is 346 g/mol. The number of aliphatic carboxylic acids is 1. The van der Waals surface area contributed by atoms with Crippen molar-refractivity contribution in [2.24, 2.45) is 5.92 Å². The average Bonchev–Trinajstić information content (AvgIpc) is 3.26. The monoisotopic (exact) mass is 346 g/mol. The molecule has 1 amide bonds. The molecule has 1 fully saturated rings. The Labute approximate surface area is 145 Å². The zero-order chi connectivity index (χ0) is 18.0. The highest BCUT2D eigenvalue weighted by molar-refractivity contribution is 5.80. The van der Waals surface area contributed by atoms with Crippen molar-refractivity contribution in [2.45, 2.75) is 38.8 Å². The van der Waals surface area contributed by atoms with E-state index in [9.17, 15) is 14.7 Å². The number of nitrogens with zero attached hydrogens (tertiary/aromatic N) is 6. The van der Waals surface area contributed by atoms with E-state index in [4.69, 9.17) is 0 Å². The van der Waals surface area contributed by atoms with Gasteiger partial charge in [-0.25, -0.2) is 14.8 Å². The van der Waals surface area contributed by atoms with Gasteiger partial charge in [0.05, 0.1) is 12.5 Å². The van der Waals surface area contributed by atoms with E-state index < -0.39 is 11.5 Å². The molecule has 25 heavy (non-hydrogen) atoms. The second kappa shape index (κ2) is 6.66. The standard InChI is InChI=1S/C16H22N6O3/c1-12(9-21-11-17-10-19-21)14(23)20-6-3-16(4-7-20,15(24)25)22-8-5-18-13(22)2/h5,8,10-12H,3-4,6-7,9H2,1-2H3,(H,24,25)/t12-/m0/s1. The van der Waals surface area contributed by atoms with Crippen molar-refractivity contribution in [1.29, 1.82) is 0 Å². The fourth-order valence-corrected chi connectivity index (χ4v) is 3.48. The molecule has 1 N–H and O–H groups in total. The first kappa shape index (κ1) is 17.1. The van der Waals surface area contributed by atoms with Crippen LogP contribution < -0.4 is 0 Å². The number of carbonyl (C=O) groups excluding carboxylic acids is 1. The van der Waals surface area contributed by atoms with E-state index >= 15 is 0 Å². The first-order valence-corrected chi connectivity index (χ1v) is 8.29. The van der Waals surface area contributed by atoms with Crippen molar-refractivity contribution in [3.63, 3.8) is 0 Å². The van der Waals surface area contributed by atoms with Crippen LogP contribution in [0.1, 0.15) is 25.6 Å². The van der Waals surface area contributed by atoms with E-state index in [1.54, 1.807) is 39.8 Å². The molecule has 0 saturated carbocycles. The Hall–Kier alpha value is -2.71. The van der Waals surface area contributed by atoms with Crippen LogP contribution in [0.3, 0.4) is 0 Å². The third-order valence-electron chi connectivity index (χ3n) is 4.94. The highest BCUT2D eigenvalue weighted by Crippen LogP contribution is 2.32. The molecule has 0 spiro atoms. The van der Waals surface area contributed by atoms with Gasteiger partial charge in [0.25, 0.3) is 0 Å². The highest BCUT2D eigenvalue weighted by atomic mass is 16.4. The molecule has 1 aliphatic heterocycles. The first-order chi connectivity index (χ1) is 11.9. The van der Waals surface area contributed by atoms with E-state index in [2.05, 4.69) is 15.1 Å². The number of hydrogen-bond acceptors (Lipinski definition) is 5. The quantitative estimate of drug-likeness (QED) is 0.846. The number of imidazole rings is 1. The number of rotatable bonds is 5. The fourth-order valence-electron chi connectivity index (χ4n) is 3.48. The molecule has 9 heteroatoms. The third-order valence-corrected chi connectivity index (χ3v) is 4.94. The Morgan fingerprint density at radius 1 is 1.36 bits per heavy atom. The van der Waals surface area contributed by atoms with Crippen molar-refractivity contribution in [3.05, 3.63) is 30.9 Å². The molecule has 0 unspecified atom stereocenters. The molecular formula is C16H22N6O3. The lowest BCUT2D eigenvalue weighted by atomic mass is 9.86. The van der Waals surface area contributed by atoms with Gasteiger partial charge in [-0.2, -0.15) is 5.10 Å². The van der Waals surface area contributed by atoms with Gasteiger partial charge in [-0.1, -0.05) is 6.92 Å². The van der Waals surface area contributed by atoms with Crippen molar-refractivity contribution >= 4 is 11.9 Å². The van der Waals surface area contributed by atoms with Crippen LogP contribution in [-0.4, -0.2) is 59.3 Å². The number of hydrogen-bond donors (Lipinski definition) is 1. The number of aryl methyl sites for hydroxylation is 1. The molecule has 0 bridgehead atoms. The van der Waals surface area contributed by atoms with Crippen LogP contribution in [-0.2, 0) is 21.7 Å². The lowest BCUT2D eigenvalue weighted by Crippen LogP contribution is -2.53. The second-order valence-corrected chi connectivity index (χ2v) is 6.53. The van der Waals surface area contributed by atoms with Gasteiger partial charge < -0.3 is 14.6 Å². The fraction of sp³-hybridized carbons (Fsp3) is 0.562. The molecule has 1 atom stereocenters. The lowest BCUT2D eigenvalue weighted by Gasteiger charge is -2.40. The van der Waals surface area contributed by atoms with Gasteiger partial charge in [0.15, 0.2) is 0 Å². The second-order valence-electron chi connectivity index (χ2n) is 6.53. The van der Waals surface area contributed by atoms with Crippen LogP contribution in [0.15, 0.2) is 25.0 Å². The SMILES string of the molecule is Cc1nccn1C1(C(=O)O)CCN(C(=O)[C@@H](C)Cn2cncn2)CC1. The van der Waals surface area contributed by atoms with Gasteiger partial charge in [0.2, 0.25) is 5.91 Å². The molecule has 3 heterocycles. The summed E-state index contributed by atoms with van der Waals surface area (Å²) in [6.07, 6.45) is 7.05. The third kappa shape index (κ3) is 3.13. The molecule has 0 aromatic carbocycles. The number of carboxylic acids is 1. The van der Waals surface area contributed by atoms with Gasteiger partial charge in [-0.3, -0.25) is 9.48 Å². The van der Waals surface area contributed by atoms with E-state index in [-0.39, 0.29) is 11.8 Å². The maximum absolute atomic E-state index is 12.7. The minimum Gasteiger partial charge on any atom is -0.479 e. The largest absolute Gasteiger partial charge is 0.479 e. The molecular weight excluding hydrogens is 324 g/mol. The molecule has 1 saturated heterocycles. The smallest absolute Gasteiger partial charge is 0.330 e. The Morgan fingerprint density at radius 3 is 2.60 bits per heavy atom.